The van der Waals surface area contributed by atoms with E-state index in [4.69, 9.17) is 21.1 Å². The third kappa shape index (κ3) is 5.98. The van der Waals surface area contributed by atoms with Crippen molar-refractivity contribution >= 4 is 57.0 Å². The largest absolute Gasteiger partial charge is 0.478 e. The second kappa shape index (κ2) is 9.91. The highest BCUT2D eigenvalue weighted by Crippen LogP contribution is 2.34. The molecule has 0 radical (unpaired) electrons. The van der Waals surface area contributed by atoms with Gasteiger partial charge in [0.15, 0.2) is 19.0 Å². The van der Waals surface area contributed by atoms with E-state index < -0.39 is 5.97 Å². The molecule has 0 unspecified atom stereocenters. The second-order valence-electron chi connectivity index (χ2n) is 6.05. The van der Waals surface area contributed by atoms with Crippen molar-refractivity contribution in [3.63, 3.8) is 0 Å². The Bertz CT molecular complexity index is 798. The van der Waals surface area contributed by atoms with Gasteiger partial charge in [0.25, 0.3) is 5.91 Å². The van der Waals surface area contributed by atoms with Gasteiger partial charge in [-0.3, -0.25) is 9.78 Å². The van der Waals surface area contributed by atoms with Gasteiger partial charge in [0.2, 0.25) is 0 Å². The number of carbonyl (C=O) groups excluding carboxylic acids is 2. The maximum absolute atomic E-state index is 11.8. The molecular weight excluding hydrogens is 471 g/mol. The lowest BCUT2D eigenvalue weighted by Crippen LogP contribution is -2.31. The Morgan fingerprint density at radius 3 is 2.85 bits per heavy atom. The number of amides is 1. The maximum Gasteiger partial charge on any atom is 0.344 e. The number of carbonyl (C=O) groups is 2. The smallest absolute Gasteiger partial charge is 0.344 e. The molecule has 0 aliphatic carbocycles. The van der Waals surface area contributed by atoms with Gasteiger partial charge in [-0.25, -0.2) is 4.79 Å². The van der Waals surface area contributed by atoms with Crippen molar-refractivity contribution in [3.05, 3.63) is 33.0 Å². The molecule has 0 aliphatic rings. The van der Waals surface area contributed by atoms with E-state index in [2.05, 4.69) is 46.7 Å². The van der Waals surface area contributed by atoms with E-state index in [0.717, 1.165) is 15.4 Å². The number of hydrogen-bond donors (Lipinski definition) is 1. The monoisotopic (exact) mass is 490 g/mol. The number of benzene rings is 1. The number of hydrogen-bond acceptors (Lipinski definition) is 5. The van der Waals surface area contributed by atoms with Crippen LogP contribution in [-0.2, 0) is 14.3 Å². The van der Waals surface area contributed by atoms with Crippen LogP contribution in [-0.4, -0.2) is 36.6 Å². The van der Waals surface area contributed by atoms with E-state index in [0.29, 0.717) is 28.8 Å². The number of ether oxygens (including phenoxy) is 2. The first-order valence-electron chi connectivity index (χ1n) is 8.16. The lowest BCUT2D eigenvalue weighted by atomic mass is 10.1. The van der Waals surface area contributed by atoms with Crippen LogP contribution in [0.15, 0.2) is 24.4 Å². The lowest BCUT2D eigenvalue weighted by molar-refractivity contribution is -0.150. The number of nitrogens with zero attached hydrogens (tertiary/aromatic N) is 1. The Kier molecular flexibility index (Phi) is 7.89. The molecule has 2 aromatic rings. The molecular formula is C18H20ClIN2O4. The van der Waals surface area contributed by atoms with Crippen LogP contribution < -0.4 is 10.1 Å². The fourth-order valence-electron chi connectivity index (χ4n) is 2.15. The molecule has 8 heteroatoms. The predicted octanol–water partition coefficient (Wildman–Crippen LogP) is 3.58. The normalized spacial score (nSPS) is 10.8. The van der Waals surface area contributed by atoms with Crippen LogP contribution in [0.2, 0.25) is 5.02 Å². The Labute approximate surface area is 170 Å². The summed E-state index contributed by atoms with van der Waals surface area (Å²) in [5.41, 5.74) is 0.573. The predicted molar refractivity (Wildman–Crippen MR) is 108 cm³/mol. The number of esters is 1. The van der Waals surface area contributed by atoms with E-state index in [-0.39, 0.29) is 19.1 Å². The van der Waals surface area contributed by atoms with Crippen LogP contribution >= 0.6 is 34.2 Å². The van der Waals surface area contributed by atoms with Gasteiger partial charge in [-0.15, -0.1) is 0 Å². The van der Waals surface area contributed by atoms with Crippen LogP contribution in [0, 0.1) is 9.49 Å². The summed E-state index contributed by atoms with van der Waals surface area (Å²) >= 11 is 8.27. The Morgan fingerprint density at radius 2 is 2.12 bits per heavy atom. The van der Waals surface area contributed by atoms with Gasteiger partial charge in [-0.1, -0.05) is 25.4 Å². The molecule has 2 rings (SSSR count). The van der Waals surface area contributed by atoms with Gasteiger partial charge >= 0.3 is 5.97 Å². The molecule has 26 heavy (non-hydrogen) atoms. The number of rotatable bonds is 8. The SMILES string of the molecule is CC(C)CCNC(=O)COC(=O)COc1c(I)cc(Cl)c2cccnc12. The molecule has 0 atom stereocenters. The quantitative estimate of drug-likeness (QED) is 0.452. The molecule has 1 N–H and O–H groups in total. The summed E-state index contributed by atoms with van der Waals surface area (Å²) in [5.74, 6) is 0.00602. The molecule has 1 amide bonds. The first-order chi connectivity index (χ1) is 12.4. The summed E-state index contributed by atoms with van der Waals surface area (Å²) in [6.45, 7) is 4.06. The van der Waals surface area contributed by atoms with Crippen LogP contribution in [0.25, 0.3) is 10.9 Å². The van der Waals surface area contributed by atoms with Crippen molar-refractivity contribution in [1.29, 1.82) is 0 Å². The fraction of sp³-hybridized carbons (Fsp3) is 0.389. The van der Waals surface area contributed by atoms with Crippen molar-refractivity contribution in [3.8, 4) is 5.75 Å². The molecule has 140 valence electrons. The molecule has 0 bridgehead atoms. The number of aromatic nitrogens is 1. The topological polar surface area (TPSA) is 77.5 Å². The minimum Gasteiger partial charge on any atom is -0.478 e. The third-order valence-electron chi connectivity index (χ3n) is 3.49. The Balaban J connectivity index is 1.88. The Hall–Kier alpha value is -1.61. The van der Waals surface area contributed by atoms with Crippen LogP contribution in [0.4, 0.5) is 0 Å². The van der Waals surface area contributed by atoms with Gasteiger partial charge in [0, 0.05) is 18.1 Å². The van der Waals surface area contributed by atoms with E-state index in [1.165, 1.54) is 0 Å². The van der Waals surface area contributed by atoms with Crippen LogP contribution in [0.5, 0.6) is 5.75 Å². The highest BCUT2D eigenvalue weighted by Gasteiger charge is 2.15. The molecule has 0 saturated heterocycles. The van der Waals surface area contributed by atoms with Gasteiger partial charge in [0.05, 0.1) is 8.59 Å². The number of nitrogens with one attached hydrogen (secondary N) is 1. The molecule has 0 saturated carbocycles. The summed E-state index contributed by atoms with van der Waals surface area (Å²) in [7, 11) is 0. The second-order valence-corrected chi connectivity index (χ2v) is 7.62. The molecule has 0 spiro atoms. The minimum absolute atomic E-state index is 0.317. The van der Waals surface area contributed by atoms with E-state index in [1.807, 2.05) is 6.07 Å². The molecule has 0 aliphatic heterocycles. The maximum atomic E-state index is 11.8. The van der Waals surface area contributed by atoms with Crippen LogP contribution in [0.1, 0.15) is 20.3 Å². The summed E-state index contributed by atoms with van der Waals surface area (Å²) in [4.78, 5) is 27.7. The van der Waals surface area contributed by atoms with Gasteiger partial charge in [-0.2, -0.15) is 0 Å². The molecule has 1 aromatic heterocycles. The number of pyridine rings is 1. The van der Waals surface area contributed by atoms with Gasteiger partial charge < -0.3 is 14.8 Å². The van der Waals surface area contributed by atoms with Crippen molar-refractivity contribution in [2.24, 2.45) is 5.92 Å². The Morgan fingerprint density at radius 1 is 1.35 bits per heavy atom. The van der Waals surface area contributed by atoms with Crippen molar-refractivity contribution < 1.29 is 19.1 Å². The molecule has 6 nitrogen and oxygen atoms in total. The zero-order valence-corrected chi connectivity index (χ0v) is 17.5. The summed E-state index contributed by atoms with van der Waals surface area (Å²) in [6, 6.07) is 5.35. The van der Waals surface area contributed by atoms with Gasteiger partial charge in [-0.05, 0) is 53.1 Å². The fourth-order valence-corrected chi connectivity index (χ4v) is 3.32. The highest BCUT2D eigenvalue weighted by molar-refractivity contribution is 14.1. The first kappa shape index (κ1) is 20.7. The average Bonchev–Trinajstić information content (AvgIpc) is 2.59. The van der Waals surface area contributed by atoms with E-state index in [1.54, 1.807) is 18.3 Å². The van der Waals surface area contributed by atoms with E-state index >= 15 is 0 Å². The number of fused-ring (bicyclic) bond motifs is 1. The van der Waals surface area contributed by atoms with Crippen molar-refractivity contribution in [1.82, 2.24) is 10.3 Å². The molecule has 1 heterocycles. The van der Waals surface area contributed by atoms with Gasteiger partial charge in [0.1, 0.15) is 5.52 Å². The van der Waals surface area contributed by atoms with Crippen LogP contribution in [0.3, 0.4) is 0 Å². The average molecular weight is 491 g/mol. The number of halogens is 2. The lowest BCUT2D eigenvalue weighted by Gasteiger charge is -2.12. The van der Waals surface area contributed by atoms with E-state index in [9.17, 15) is 9.59 Å². The molecule has 1 aromatic carbocycles. The zero-order valence-electron chi connectivity index (χ0n) is 14.6. The highest BCUT2D eigenvalue weighted by atomic mass is 127. The zero-order chi connectivity index (χ0) is 19.1. The first-order valence-corrected chi connectivity index (χ1v) is 9.62. The summed E-state index contributed by atoms with van der Waals surface area (Å²) in [6.07, 6.45) is 2.50. The third-order valence-corrected chi connectivity index (χ3v) is 4.61. The van der Waals surface area contributed by atoms with Crippen molar-refractivity contribution in [2.45, 2.75) is 20.3 Å². The summed E-state index contributed by atoms with van der Waals surface area (Å²) < 4.78 is 11.2. The molecule has 0 fully saturated rings. The van der Waals surface area contributed by atoms with Crippen molar-refractivity contribution in [2.75, 3.05) is 19.8 Å². The minimum atomic E-state index is -0.626. The standard InChI is InChI=1S/C18H20ClIN2O4/c1-11(2)5-7-21-15(23)9-25-16(24)10-26-18-14(20)8-13(19)12-4-3-6-22-17(12)18/h3-4,6,8,11H,5,7,9-10H2,1-2H3,(H,21,23). The summed E-state index contributed by atoms with van der Waals surface area (Å²) in [5, 5.41) is 4.00.